The minimum absolute atomic E-state index is 0.0103. The van der Waals surface area contributed by atoms with Crippen LogP contribution >= 0.6 is 0 Å². The van der Waals surface area contributed by atoms with E-state index in [1.165, 1.54) is 0 Å². The molecule has 0 amide bonds. The maximum atomic E-state index is 7.98. The van der Waals surface area contributed by atoms with Crippen molar-refractivity contribution in [2.75, 3.05) is 0 Å². The zero-order valence-electron chi connectivity index (χ0n) is 70.9. The first kappa shape index (κ1) is 78.4. The van der Waals surface area contributed by atoms with Crippen LogP contribution in [-0.4, -0.2) is 86.2 Å². The van der Waals surface area contributed by atoms with Crippen LogP contribution < -0.4 is 9.47 Å². The normalized spacial score (nSPS) is 33.0. The van der Waals surface area contributed by atoms with Crippen LogP contribution in [-0.2, 0) is 66.3 Å². The molecule has 0 aliphatic carbocycles. The third-order valence-corrected chi connectivity index (χ3v) is 28.5. The molecule has 9 unspecified atom stereocenters. The average Bonchev–Trinajstić information content (AvgIpc) is 1.49. The molecule has 128 heavy (non-hydrogen) atoms. The van der Waals surface area contributed by atoms with Gasteiger partial charge in [0.25, 0.3) is 46.3 Å². The van der Waals surface area contributed by atoms with Crippen molar-refractivity contribution in [1.82, 2.24) is 39.9 Å². The molecule has 0 saturated carbocycles. The van der Waals surface area contributed by atoms with Gasteiger partial charge in [-0.2, -0.15) is 0 Å². The number of hydrogen-bond donors (Lipinski definition) is 2. The molecule has 2 N–H and O–H groups in total. The Kier molecular flexibility index (Phi) is 19.0. The topological polar surface area (TPSA) is 257 Å². The molecule has 650 valence electrons. The van der Waals surface area contributed by atoms with E-state index in [0.717, 1.165) is 44.5 Å². The standard InChI is InChI=1S/C104H98N8O16/c1-9-33-65(34-10-1)73-49-25-57-97(113-73)98(58-26-50-74(114-98)66-35-11-2-12-36-66)122-82-81(121-97)89-105-90(82)110-92-85-86(126-102(62-30-54-78(118-102)70-43-19-6-20-44-70)101(125-85)61-29-53-77(117-101)69-41-17-5-18-42-69)94(107-92)112-96-88-87(127-103(63-31-55-79(119-103)71-45-21-7-22-46-71)104(128-88)64-32-56-80(120-104)72-47-23-8-24-48-72)95(108-96)111-93-84-83(91(106-93)109-89)123-99(59-27-51-75(115-99)67-37-13-3-14-38-67)100(124-84)60-28-52-76(116-100)68-39-15-4-16-40-68/h1-24,33-48,73-80H,25-32,49-64H2,(H2,105,106,107,108,109,110,111,112)/t73?,74?,75?,76?,77?,78?,79?,80?,97-,98-,99-,100-,101-,102-,103-,104?/m1/s1. The first-order valence-corrected chi connectivity index (χ1v) is 46.2. The molecule has 8 fully saturated rings. The molecular formula is C104H98N8O16. The lowest BCUT2D eigenvalue weighted by Gasteiger charge is -2.56. The summed E-state index contributed by atoms with van der Waals surface area (Å²) in [5.74, 6) is -11.7. The summed E-state index contributed by atoms with van der Waals surface area (Å²) in [5, 5.41) is 0. The second-order valence-electron chi connectivity index (χ2n) is 36.4. The Morgan fingerprint density at radius 3 is 0.602 bits per heavy atom. The number of nitrogens with zero attached hydrogens (tertiary/aromatic N) is 6. The van der Waals surface area contributed by atoms with Gasteiger partial charge in [-0.25, -0.2) is 29.9 Å². The predicted molar refractivity (Wildman–Crippen MR) is 466 cm³/mol. The molecule has 2 aromatic heterocycles. The summed E-state index contributed by atoms with van der Waals surface area (Å²) in [6, 6.07) is 82.2. The van der Waals surface area contributed by atoms with E-state index in [9.17, 15) is 0 Å². The molecule has 16 atom stereocenters. The van der Waals surface area contributed by atoms with Crippen molar-refractivity contribution in [3.63, 3.8) is 0 Å². The Morgan fingerprint density at radius 2 is 0.375 bits per heavy atom. The Bertz CT molecular complexity index is 5850. The summed E-state index contributed by atoms with van der Waals surface area (Å²) < 4.78 is 125. The van der Waals surface area contributed by atoms with Crippen molar-refractivity contribution < 1.29 is 75.8 Å². The van der Waals surface area contributed by atoms with E-state index in [1.54, 1.807) is 0 Å². The van der Waals surface area contributed by atoms with Gasteiger partial charge >= 0.3 is 0 Å². The number of aromatic amines is 2. The lowest BCUT2D eigenvalue weighted by molar-refractivity contribution is -0.427. The molecule has 8 bridgehead atoms. The Morgan fingerprint density at radius 1 is 0.195 bits per heavy atom. The molecule has 0 radical (unpaired) electrons. The monoisotopic (exact) mass is 1710 g/mol. The summed E-state index contributed by atoms with van der Waals surface area (Å²) in [6.07, 6.45) is 10.1. The average molecular weight is 1720 g/mol. The predicted octanol–water partition coefficient (Wildman–Crippen LogP) is 22.1. The summed E-state index contributed by atoms with van der Waals surface area (Å²) in [7, 11) is 0. The van der Waals surface area contributed by atoms with Gasteiger partial charge in [0.05, 0.1) is 48.8 Å². The number of nitrogens with one attached hydrogen (secondary N) is 2. The molecule has 8 spiro atoms. The maximum Gasteiger partial charge on any atom is 0.277 e. The summed E-state index contributed by atoms with van der Waals surface area (Å²) >= 11 is 0. The minimum atomic E-state index is -1.65. The van der Waals surface area contributed by atoms with Gasteiger partial charge < -0.3 is 85.8 Å². The number of fused-ring (bicyclic) bond motifs is 21. The molecule has 10 aromatic rings. The SMILES string of the molecule is c1ccc(C2CCCC3(Oc4c(c5nc6nc([nH]c7nc(nc8nc(nc4[nH]5)C4=C8O[C@]5(CCCC(c8ccccc8)O5)[C@@]5(CCCC(c8ccccc8)O5)O4)C4=C7O[C@]5(CCCC(c7ccccc7)O5)[C@@]5(CCCC(c7ccccc7)O5)O4)C4=C6O[C@]5(CCCC(c6ccccc6)O5)[C@@]5(CCCC(c6ccccc6)O5)O4)O[C@]34CCCC(c3ccccc3)O4)O2)cc1. The second-order valence-corrected chi connectivity index (χ2v) is 36.4. The summed E-state index contributed by atoms with van der Waals surface area (Å²) in [4.78, 5) is 41.5. The number of aromatic nitrogens is 8. The van der Waals surface area contributed by atoms with Crippen molar-refractivity contribution in [2.45, 2.75) is 249 Å². The van der Waals surface area contributed by atoms with Crippen molar-refractivity contribution in [3.05, 3.63) is 322 Å². The van der Waals surface area contributed by atoms with Gasteiger partial charge in [0.1, 0.15) is 0 Å². The highest BCUT2D eigenvalue weighted by Gasteiger charge is 2.72. The van der Waals surface area contributed by atoms with Crippen LogP contribution in [0.1, 0.15) is 282 Å². The second kappa shape index (κ2) is 31.0. The fraction of sp³-hybridized carbons (Fsp3) is 0.385. The summed E-state index contributed by atoms with van der Waals surface area (Å²) in [6.45, 7) is 0. The third kappa shape index (κ3) is 12.9. The molecule has 24 nitrogen and oxygen atoms in total. The van der Waals surface area contributed by atoms with Gasteiger partial charge in [-0.1, -0.05) is 243 Å². The van der Waals surface area contributed by atoms with Gasteiger partial charge in [0.15, 0.2) is 22.9 Å². The smallest absolute Gasteiger partial charge is 0.277 e. The van der Waals surface area contributed by atoms with Gasteiger partial charge in [-0.3, -0.25) is 0 Å². The fourth-order valence-corrected chi connectivity index (χ4v) is 22.4. The highest BCUT2D eigenvalue weighted by Crippen LogP contribution is 2.65. The fourth-order valence-electron chi connectivity index (χ4n) is 22.4. The first-order chi connectivity index (χ1) is 63.0. The molecule has 15 aliphatic rings. The summed E-state index contributed by atoms with van der Waals surface area (Å²) in [5.41, 5.74) is 8.07. The van der Waals surface area contributed by atoms with E-state index < -0.39 is 95.1 Å². The van der Waals surface area contributed by atoms with Gasteiger partial charge in [-0.05, 0) is 147 Å². The van der Waals surface area contributed by atoms with Crippen LogP contribution in [0.25, 0.3) is 45.8 Å². The number of ether oxygens (including phenoxy) is 16. The van der Waals surface area contributed by atoms with E-state index >= 15 is 0 Å². The maximum absolute atomic E-state index is 7.98. The zero-order valence-corrected chi connectivity index (χ0v) is 70.9. The molecule has 8 saturated heterocycles. The highest BCUT2D eigenvalue weighted by atomic mass is 16.8. The molecule has 17 heterocycles. The van der Waals surface area contributed by atoms with Crippen molar-refractivity contribution >= 4 is 45.8 Å². The minimum Gasteiger partial charge on any atom is -0.447 e. The van der Waals surface area contributed by atoms with Crippen molar-refractivity contribution in [2.24, 2.45) is 0 Å². The third-order valence-electron chi connectivity index (χ3n) is 28.5. The van der Waals surface area contributed by atoms with Crippen LogP contribution in [0.15, 0.2) is 243 Å². The Labute approximate surface area is 740 Å². The van der Waals surface area contributed by atoms with Crippen LogP contribution in [0.4, 0.5) is 0 Å². The molecule has 8 aromatic carbocycles. The quantitative estimate of drug-likeness (QED) is 0.143. The highest BCUT2D eigenvalue weighted by molar-refractivity contribution is 5.89. The molecule has 24 heteroatoms. The van der Waals surface area contributed by atoms with Crippen LogP contribution in [0.3, 0.4) is 0 Å². The largest absolute Gasteiger partial charge is 0.447 e. The van der Waals surface area contributed by atoms with Crippen LogP contribution in [0.5, 0.6) is 11.5 Å². The van der Waals surface area contributed by atoms with Gasteiger partial charge in [0, 0.05) is 51.4 Å². The van der Waals surface area contributed by atoms with Gasteiger partial charge in [0.2, 0.25) is 69.4 Å². The Balaban J connectivity index is 0.753. The van der Waals surface area contributed by atoms with Crippen LogP contribution in [0.2, 0.25) is 0 Å². The van der Waals surface area contributed by atoms with E-state index in [1.807, 2.05) is 146 Å². The first-order valence-electron chi connectivity index (χ1n) is 46.2. The lowest BCUT2D eigenvalue weighted by atomic mass is 9.85. The van der Waals surface area contributed by atoms with E-state index in [2.05, 4.69) is 107 Å². The number of benzene rings is 8. The molecular weight excluding hydrogens is 1620 g/mol. The van der Waals surface area contributed by atoms with E-state index in [-0.39, 0.29) is 92.3 Å². The van der Waals surface area contributed by atoms with E-state index in [4.69, 9.17) is 106 Å². The lowest BCUT2D eigenvalue weighted by Crippen LogP contribution is -2.68. The number of H-pyrrole nitrogens is 2. The van der Waals surface area contributed by atoms with Gasteiger partial charge in [-0.15, -0.1) is 0 Å². The zero-order chi connectivity index (χ0) is 84.7. The molecule has 15 aliphatic heterocycles. The Hall–Kier alpha value is -11.8. The van der Waals surface area contributed by atoms with Crippen LogP contribution in [0, 0.1) is 0 Å². The van der Waals surface area contributed by atoms with Crippen molar-refractivity contribution in [1.29, 1.82) is 0 Å². The number of rotatable bonds is 8. The molecule has 25 rings (SSSR count). The number of hydrogen-bond acceptors (Lipinski definition) is 22. The van der Waals surface area contributed by atoms with Crippen molar-refractivity contribution in [3.8, 4) is 11.5 Å². The van der Waals surface area contributed by atoms with E-state index in [0.29, 0.717) is 154 Å².